The first-order valence-corrected chi connectivity index (χ1v) is 21.9. The molecule has 4 aromatic carbocycles. The molecule has 0 aliphatic carbocycles. The number of carboxylic acid groups (broad SMARTS) is 1. The number of carbonyl (C=O) groups excluding carboxylic acids is 4. The number of unbranched alkanes of at least 4 members (excludes halogenated alkanes) is 2. The Kier molecular flexibility index (Phi) is 21.0. The van der Waals surface area contributed by atoms with Gasteiger partial charge in [-0.25, -0.2) is 4.79 Å². The van der Waals surface area contributed by atoms with Crippen molar-refractivity contribution in [1.29, 1.82) is 0 Å². The highest BCUT2D eigenvalue weighted by Gasteiger charge is 2.40. The molecule has 0 heterocycles. The van der Waals surface area contributed by atoms with Crippen molar-refractivity contribution in [2.45, 2.75) is 70.1 Å². The summed E-state index contributed by atoms with van der Waals surface area (Å²) in [5, 5.41) is 70.9. The molecule has 0 unspecified atom stereocenters. The number of benzene rings is 4. The van der Waals surface area contributed by atoms with Crippen LogP contribution in [0, 0.1) is 0 Å². The zero-order chi connectivity index (χ0) is 47.0. The first kappa shape index (κ1) is 50.9. The Morgan fingerprint density at radius 1 is 0.462 bits per heavy atom. The molecule has 0 aromatic heterocycles. The second-order valence-electron chi connectivity index (χ2n) is 15.9. The van der Waals surface area contributed by atoms with E-state index >= 15 is 0 Å². The second-order valence-corrected chi connectivity index (χ2v) is 15.9. The van der Waals surface area contributed by atoms with Gasteiger partial charge in [0.2, 0.25) is 11.8 Å². The second kappa shape index (κ2) is 26.8. The maximum Gasteiger partial charge on any atom is 0.336 e. The van der Waals surface area contributed by atoms with Crippen LogP contribution in [-0.2, 0) is 27.5 Å². The third-order valence-electron chi connectivity index (χ3n) is 10.6. The Balaban J connectivity index is 1.15. The van der Waals surface area contributed by atoms with E-state index in [1.54, 1.807) is 0 Å². The van der Waals surface area contributed by atoms with Crippen molar-refractivity contribution < 1.29 is 54.6 Å². The number of aromatic hydroxyl groups is 4. The Bertz CT molecular complexity index is 2000. The van der Waals surface area contributed by atoms with Gasteiger partial charge in [0.05, 0.1) is 24.0 Å². The van der Waals surface area contributed by atoms with Gasteiger partial charge in [-0.15, -0.1) is 0 Å². The van der Waals surface area contributed by atoms with Gasteiger partial charge in [-0.2, -0.15) is 0 Å². The number of carboxylic acids is 1. The summed E-state index contributed by atoms with van der Waals surface area (Å²) in [7, 11) is 0. The van der Waals surface area contributed by atoms with Crippen LogP contribution >= 0.6 is 0 Å². The predicted molar refractivity (Wildman–Crippen MR) is 243 cm³/mol. The number of phenols is 4. The van der Waals surface area contributed by atoms with E-state index < -0.39 is 59.5 Å². The largest absolute Gasteiger partial charge is 0.504 e. The summed E-state index contributed by atoms with van der Waals surface area (Å²) in [5.41, 5.74) is -0.441. The molecular weight excluding hydrogens is 837 g/mol. The van der Waals surface area contributed by atoms with Crippen LogP contribution in [0.25, 0.3) is 0 Å². The normalized spacial score (nSPS) is 11.3. The quantitative estimate of drug-likeness (QED) is 0.0275. The molecule has 4 rings (SSSR count). The summed E-state index contributed by atoms with van der Waals surface area (Å²) in [4.78, 5) is 67.1. The zero-order valence-corrected chi connectivity index (χ0v) is 36.6. The molecule has 0 saturated carbocycles. The number of amides is 4. The lowest BCUT2D eigenvalue weighted by molar-refractivity contribution is -0.164. The van der Waals surface area contributed by atoms with E-state index in [9.17, 15) is 54.6 Å². The standard InChI is InChI=1S/C48H62N6O11/c55-39-21-11-19-37(43(39)59)45(61)51-25-13-29-53(33-35-15-3-1-4-16-35)27-9-7-23-49-41(57)31-48(65,47(63)64)32-42(58)50-24-8-10-28-54(34-36-17-5-2-6-18-36)30-14-26-52-46(62)38-20-12-22-40(56)44(38)60/h1-6,11-12,15-22,55-56,59-60,65H,7-10,13-14,23-34H2,(H,49,57)(H,50,58)(H,51,61)(H,52,62)(H,63,64). The van der Waals surface area contributed by atoms with Crippen molar-refractivity contribution in [3.8, 4) is 23.0 Å². The topological polar surface area (TPSA) is 261 Å². The highest BCUT2D eigenvalue weighted by Crippen LogP contribution is 2.29. The lowest BCUT2D eigenvalue weighted by atomic mass is 9.94. The van der Waals surface area contributed by atoms with Gasteiger partial charge in [0.25, 0.3) is 11.8 Å². The summed E-state index contributed by atoms with van der Waals surface area (Å²) >= 11 is 0. The predicted octanol–water partition coefficient (Wildman–Crippen LogP) is 3.84. The SMILES string of the molecule is O=C(CC(O)(CC(=O)NCCCCN(CCCNC(=O)c1cccc(O)c1O)Cc1ccccc1)C(=O)O)NCCCCN(CCCNC(=O)c1cccc(O)c1O)Cc1ccccc1. The molecule has 0 radical (unpaired) electrons. The van der Waals surface area contributed by atoms with Crippen LogP contribution in [0.15, 0.2) is 97.1 Å². The summed E-state index contributed by atoms with van der Waals surface area (Å²) in [6.07, 6.45) is 2.08. The van der Waals surface area contributed by atoms with Crippen molar-refractivity contribution in [3.63, 3.8) is 0 Å². The van der Waals surface area contributed by atoms with E-state index in [1.807, 2.05) is 60.7 Å². The molecule has 0 fully saturated rings. The van der Waals surface area contributed by atoms with Crippen LogP contribution < -0.4 is 21.3 Å². The van der Waals surface area contributed by atoms with Gasteiger partial charge in [-0.3, -0.25) is 29.0 Å². The molecule has 0 atom stereocenters. The fourth-order valence-electron chi connectivity index (χ4n) is 7.10. The highest BCUT2D eigenvalue weighted by atomic mass is 16.4. The molecule has 0 saturated heterocycles. The van der Waals surface area contributed by atoms with E-state index in [0.717, 1.165) is 11.1 Å². The molecule has 10 N–H and O–H groups in total. The number of para-hydroxylation sites is 2. The smallest absolute Gasteiger partial charge is 0.336 e. The van der Waals surface area contributed by atoms with Crippen LogP contribution in [0.3, 0.4) is 0 Å². The van der Waals surface area contributed by atoms with Gasteiger partial charge >= 0.3 is 5.97 Å². The Hall–Kier alpha value is -6.69. The molecule has 0 aliphatic rings. The number of hydrogen-bond donors (Lipinski definition) is 10. The van der Waals surface area contributed by atoms with Gasteiger partial charge in [0.15, 0.2) is 28.6 Å². The number of phenolic OH excluding ortho intramolecular Hbond substituents is 4. The van der Waals surface area contributed by atoms with Crippen LogP contribution in [0.4, 0.5) is 0 Å². The minimum atomic E-state index is -2.60. The van der Waals surface area contributed by atoms with Crippen LogP contribution in [0.1, 0.15) is 83.2 Å². The molecule has 17 nitrogen and oxygen atoms in total. The number of nitrogens with one attached hydrogen (secondary N) is 4. The summed E-state index contributed by atoms with van der Waals surface area (Å²) in [6.45, 7) is 4.99. The number of hydrogen-bond acceptors (Lipinski definition) is 12. The average Bonchev–Trinajstić information content (AvgIpc) is 3.28. The van der Waals surface area contributed by atoms with E-state index in [2.05, 4.69) is 31.1 Å². The number of carbonyl (C=O) groups is 5. The van der Waals surface area contributed by atoms with Gasteiger partial charge in [-0.1, -0.05) is 72.8 Å². The average molecular weight is 899 g/mol. The van der Waals surface area contributed by atoms with Gasteiger partial charge in [0.1, 0.15) is 0 Å². The molecule has 350 valence electrons. The molecule has 0 aliphatic heterocycles. The fourth-order valence-corrected chi connectivity index (χ4v) is 7.10. The molecular formula is C48H62N6O11. The van der Waals surface area contributed by atoms with Crippen LogP contribution in [0.2, 0.25) is 0 Å². The lowest BCUT2D eigenvalue weighted by Gasteiger charge is -2.24. The van der Waals surface area contributed by atoms with E-state index in [-0.39, 0.29) is 35.7 Å². The summed E-state index contributed by atoms with van der Waals surface area (Å²) in [5.74, 6) is -5.79. The third-order valence-corrected chi connectivity index (χ3v) is 10.6. The van der Waals surface area contributed by atoms with Gasteiger partial charge in [0, 0.05) is 52.4 Å². The minimum absolute atomic E-state index is 0.0179. The minimum Gasteiger partial charge on any atom is -0.504 e. The number of rotatable bonds is 29. The Labute approximate surface area is 379 Å². The first-order chi connectivity index (χ1) is 31.3. The third kappa shape index (κ3) is 17.8. The Morgan fingerprint density at radius 2 is 0.831 bits per heavy atom. The molecule has 0 spiro atoms. The van der Waals surface area contributed by atoms with E-state index in [0.29, 0.717) is 90.9 Å². The molecule has 17 heteroatoms. The highest BCUT2D eigenvalue weighted by molar-refractivity contribution is 5.98. The van der Waals surface area contributed by atoms with Crippen molar-refractivity contribution in [2.24, 2.45) is 0 Å². The molecule has 4 amide bonds. The molecule has 0 bridgehead atoms. The molecule has 4 aromatic rings. The summed E-state index contributed by atoms with van der Waals surface area (Å²) < 4.78 is 0. The van der Waals surface area contributed by atoms with Crippen molar-refractivity contribution in [2.75, 3.05) is 52.4 Å². The van der Waals surface area contributed by atoms with E-state index in [4.69, 9.17) is 0 Å². The van der Waals surface area contributed by atoms with Crippen molar-refractivity contribution in [1.82, 2.24) is 31.1 Å². The van der Waals surface area contributed by atoms with Crippen LogP contribution in [-0.4, -0.2) is 128 Å². The maximum absolute atomic E-state index is 12.8. The number of aliphatic hydroxyl groups is 1. The van der Waals surface area contributed by atoms with Crippen LogP contribution in [0.5, 0.6) is 23.0 Å². The number of nitrogens with zero attached hydrogens (tertiary/aromatic N) is 2. The van der Waals surface area contributed by atoms with Crippen molar-refractivity contribution in [3.05, 3.63) is 119 Å². The first-order valence-electron chi connectivity index (χ1n) is 21.9. The fraction of sp³-hybridized carbons (Fsp3) is 0.396. The van der Waals surface area contributed by atoms with Crippen molar-refractivity contribution >= 4 is 29.6 Å². The van der Waals surface area contributed by atoms with E-state index in [1.165, 1.54) is 36.4 Å². The van der Waals surface area contributed by atoms with Gasteiger partial charge in [-0.05, 0) is 87.0 Å². The lowest BCUT2D eigenvalue weighted by Crippen LogP contribution is -2.47. The summed E-state index contributed by atoms with van der Waals surface area (Å²) in [6, 6.07) is 28.1. The van der Waals surface area contributed by atoms with Gasteiger partial charge < -0.3 is 51.9 Å². The Morgan fingerprint density at radius 3 is 1.22 bits per heavy atom. The number of aliphatic carboxylic acids is 1. The maximum atomic E-state index is 12.8. The molecule has 65 heavy (non-hydrogen) atoms. The monoisotopic (exact) mass is 898 g/mol. The zero-order valence-electron chi connectivity index (χ0n) is 36.6.